The predicted octanol–water partition coefficient (Wildman–Crippen LogP) is 1.39. The molecule has 0 spiro atoms. The fourth-order valence-electron chi connectivity index (χ4n) is 2.18. The highest BCUT2D eigenvalue weighted by Gasteiger charge is 2.18. The van der Waals surface area contributed by atoms with E-state index in [2.05, 4.69) is 0 Å². The second-order valence-electron chi connectivity index (χ2n) is 5.20. The van der Waals surface area contributed by atoms with Gasteiger partial charge in [-0.15, -0.1) is 0 Å². The normalized spacial score (nSPS) is 19.0. The van der Waals surface area contributed by atoms with E-state index >= 15 is 0 Å². The number of carbonyl (C=O) groups is 1. The summed E-state index contributed by atoms with van der Waals surface area (Å²) in [5.41, 5.74) is 5.67. The van der Waals surface area contributed by atoms with Crippen molar-refractivity contribution in [1.29, 1.82) is 0 Å². The van der Waals surface area contributed by atoms with E-state index in [0.717, 1.165) is 45.4 Å². The SMILES string of the molecule is CC(N)CCCC(=O)N(C)CC1CCOCC1. The minimum Gasteiger partial charge on any atom is -0.381 e. The first-order valence-electron chi connectivity index (χ1n) is 6.67. The van der Waals surface area contributed by atoms with Gasteiger partial charge in [-0.3, -0.25) is 4.79 Å². The standard InChI is InChI=1S/C13H26N2O2/c1-11(14)4-3-5-13(16)15(2)10-12-6-8-17-9-7-12/h11-12H,3-10,14H2,1-2H3. The summed E-state index contributed by atoms with van der Waals surface area (Å²) in [5, 5.41) is 0. The van der Waals surface area contributed by atoms with Crippen molar-refractivity contribution in [3.05, 3.63) is 0 Å². The maximum Gasteiger partial charge on any atom is 0.222 e. The summed E-state index contributed by atoms with van der Waals surface area (Å²) < 4.78 is 5.32. The van der Waals surface area contributed by atoms with Crippen LogP contribution in [0, 0.1) is 5.92 Å². The number of ether oxygens (including phenoxy) is 1. The van der Waals surface area contributed by atoms with Gasteiger partial charge in [0.05, 0.1) is 0 Å². The molecular weight excluding hydrogens is 216 g/mol. The van der Waals surface area contributed by atoms with Gasteiger partial charge in [0.1, 0.15) is 0 Å². The molecular formula is C13H26N2O2. The Labute approximate surface area is 104 Å². The van der Waals surface area contributed by atoms with Crippen LogP contribution in [0.25, 0.3) is 0 Å². The molecule has 1 amide bonds. The van der Waals surface area contributed by atoms with Gasteiger partial charge < -0.3 is 15.4 Å². The molecule has 4 nitrogen and oxygen atoms in total. The molecule has 4 heteroatoms. The van der Waals surface area contributed by atoms with E-state index in [1.807, 2.05) is 18.9 Å². The third kappa shape index (κ3) is 6.03. The molecule has 1 aliphatic rings. The van der Waals surface area contributed by atoms with E-state index < -0.39 is 0 Å². The molecule has 1 fully saturated rings. The Hall–Kier alpha value is -0.610. The second kappa shape index (κ2) is 7.67. The largest absolute Gasteiger partial charge is 0.381 e. The van der Waals surface area contributed by atoms with Crippen LogP contribution >= 0.6 is 0 Å². The van der Waals surface area contributed by atoms with Crippen LogP contribution in [0.4, 0.5) is 0 Å². The molecule has 1 unspecified atom stereocenters. The van der Waals surface area contributed by atoms with Gasteiger partial charge in [-0.25, -0.2) is 0 Å². The van der Waals surface area contributed by atoms with Crippen LogP contribution in [0.15, 0.2) is 0 Å². The number of rotatable bonds is 6. The van der Waals surface area contributed by atoms with Crippen molar-refractivity contribution in [2.75, 3.05) is 26.8 Å². The van der Waals surface area contributed by atoms with E-state index in [1.165, 1.54) is 0 Å². The molecule has 17 heavy (non-hydrogen) atoms. The number of hydrogen-bond donors (Lipinski definition) is 1. The monoisotopic (exact) mass is 242 g/mol. The Bertz CT molecular complexity index is 225. The fourth-order valence-corrected chi connectivity index (χ4v) is 2.18. The van der Waals surface area contributed by atoms with E-state index in [1.54, 1.807) is 0 Å². The number of hydrogen-bond acceptors (Lipinski definition) is 3. The lowest BCUT2D eigenvalue weighted by Crippen LogP contribution is -2.34. The van der Waals surface area contributed by atoms with Gasteiger partial charge in [-0.2, -0.15) is 0 Å². The predicted molar refractivity (Wildman–Crippen MR) is 68.7 cm³/mol. The van der Waals surface area contributed by atoms with Gasteiger partial charge in [0.15, 0.2) is 0 Å². The summed E-state index contributed by atoms with van der Waals surface area (Å²) in [6, 6.07) is 0.198. The highest BCUT2D eigenvalue weighted by atomic mass is 16.5. The first-order chi connectivity index (χ1) is 8.09. The maximum absolute atomic E-state index is 11.9. The molecule has 2 N–H and O–H groups in total. The van der Waals surface area contributed by atoms with Crippen molar-refractivity contribution in [3.63, 3.8) is 0 Å². The van der Waals surface area contributed by atoms with Gasteiger partial charge in [-0.05, 0) is 38.5 Å². The summed E-state index contributed by atoms with van der Waals surface area (Å²) in [6.45, 7) is 4.55. The molecule has 0 aromatic carbocycles. The third-order valence-electron chi connectivity index (χ3n) is 3.35. The summed E-state index contributed by atoms with van der Waals surface area (Å²) in [5.74, 6) is 0.864. The quantitative estimate of drug-likeness (QED) is 0.765. The van der Waals surface area contributed by atoms with Gasteiger partial charge in [0, 0.05) is 39.3 Å². The molecule has 0 saturated carbocycles. The van der Waals surface area contributed by atoms with E-state index in [-0.39, 0.29) is 11.9 Å². The lowest BCUT2D eigenvalue weighted by molar-refractivity contribution is -0.131. The average molecular weight is 242 g/mol. The topological polar surface area (TPSA) is 55.6 Å². The molecule has 100 valence electrons. The third-order valence-corrected chi connectivity index (χ3v) is 3.35. The minimum atomic E-state index is 0.198. The molecule has 0 aromatic heterocycles. The van der Waals surface area contributed by atoms with E-state index in [4.69, 9.17) is 10.5 Å². The molecule has 0 radical (unpaired) electrons. The maximum atomic E-state index is 11.9. The zero-order chi connectivity index (χ0) is 12.7. The Balaban J connectivity index is 2.16. The van der Waals surface area contributed by atoms with Gasteiger partial charge >= 0.3 is 0 Å². The zero-order valence-corrected chi connectivity index (χ0v) is 11.2. The second-order valence-corrected chi connectivity index (χ2v) is 5.20. The van der Waals surface area contributed by atoms with E-state index in [9.17, 15) is 4.79 Å². The highest BCUT2D eigenvalue weighted by Crippen LogP contribution is 2.16. The molecule has 1 atom stereocenters. The summed E-state index contributed by atoms with van der Waals surface area (Å²) in [7, 11) is 1.91. The van der Waals surface area contributed by atoms with Crippen molar-refractivity contribution >= 4 is 5.91 Å². The van der Waals surface area contributed by atoms with Crippen LogP contribution in [0.1, 0.15) is 39.0 Å². The molecule has 1 saturated heterocycles. The number of amides is 1. The van der Waals surface area contributed by atoms with Gasteiger partial charge in [-0.1, -0.05) is 0 Å². The van der Waals surface area contributed by atoms with Crippen LogP contribution in [-0.2, 0) is 9.53 Å². The first-order valence-corrected chi connectivity index (χ1v) is 6.67. The smallest absolute Gasteiger partial charge is 0.222 e. The zero-order valence-electron chi connectivity index (χ0n) is 11.2. The Morgan fingerprint density at radius 3 is 2.71 bits per heavy atom. The lowest BCUT2D eigenvalue weighted by Gasteiger charge is -2.27. The van der Waals surface area contributed by atoms with Crippen LogP contribution in [0.5, 0.6) is 0 Å². The summed E-state index contributed by atoms with van der Waals surface area (Å²) in [6.07, 6.45) is 4.61. The van der Waals surface area contributed by atoms with Crippen molar-refractivity contribution in [2.45, 2.75) is 45.1 Å². The lowest BCUT2D eigenvalue weighted by atomic mass is 9.99. The minimum absolute atomic E-state index is 0.198. The number of nitrogens with two attached hydrogens (primary N) is 1. The molecule has 0 aromatic rings. The van der Waals surface area contributed by atoms with Crippen molar-refractivity contribution in [2.24, 2.45) is 11.7 Å². The Morgan fingerprint density at radius 2 is 2.12 bits per heavy atom. The number of carbonyl (C=O) groups excluding carboxylic acids is 1. The first kappa shape index (κ1) is 14.5. The molecule has 1 rings (SSSR count). The van der Waals surface area contributed by atoms with Crippen molar-refractivity contribution in [1.82, 2.24) is 4.90 Å². The molecule has 1 heterocycles. The Morgan fingerprint density at radius 1 is 1.47 bits per heavy atom. The van der Waals surface area contributed by atoms with Crippen LogP contribution in [0.3, 0.4) is 0 Å². The van der Waals surface area contributed by atoms with Gasteiger partial charge in [0.25, 0.3) is 0 Å². The Kier molecular flexibility index (Phi) is 6.52. The molecule has 0 aliphatic carbocycles. The van der Waals surface area contributed by atoms with Gasteiger partial charge in [0.2, 0.25) is 5.91 Å². The molecule has 1 aliphatic heterocycles. The van der Waals surface area contributed by atoms with Crippen LogP contribution in [0.2, 0.25) is 0 Å². The highest BCUT2D eigenvalue weighted by molar-refractivity contribution is 5.75. The van der Waals surface area contributed by atoms with E-state index in [0.29, 0.717) is 12.3 Å². The van der Waals surface area contributed by atoms with Crippen molar-refractivity contribution in [3.8, 4) is 0 Å². The summed E-state index contributed by atoms with van der Waals surface area (Å²) in [4.78, 5) is 13.7. The summed E-state index contributed by atoms with van der Waals surface area (Å²) >= 11 is 0. The molecule has 0 bridgehead atoms. The number of nitrogens with zero attached hydrogens (tertiary/aromatic N) is 1. The van der Waals surface area contributed by atoms with Crippen LogP contribution < -0.4 is 5.73 Å². The van der Waals surface area contributed by atoms with Crippen molar-refractivity contribution < 1.29 is 9.53 Å². The van der Waals surface area contributed by atoms with Crippen LogP contribution in [-0.4, -0.2) is 43.7 Å². The fraction of sp³-hybridized carbons (Fsp3) is 0.923. The average Bonchev–Trinajstić information content (AvgIpc) is 2.29.